The monoisotopic (exact) mass is 444 g/mol. The van der Waals surface area contributed by atoms with Gasteiger partial charge in [0.1, 0.15) is 6.54 Å². The van der Waals surface area contributed by atoms with Crippen LogP contribution >= 0.6 is 0 Å². The summed E-state index contributed by atoms with van der Waals surface area (Å²) in [6.45, 7) is 15.7. The van der Waals surface area contributed by atoms with Crippen molar-refractivity contribution in [2.75, 3.05) is 10.8 Å². The molecule has 0 heterocycles. The van der Waals surface area contributed by atoms with Gasteiger partial charge < -0.3 is 5.32 Å². The number of hydrogen-bond acceptors (Lipinski definition) is 3. The van der Waals surface area contributed by atoms with E-state index in [0.717, 1.165) is 23.1 Å². The van der Waals surface area contributed by atoms with E-state index < -0.39 is 15.6 Å². The van der Waals surface area contributed by atoms with E-state index >= 15 is 0 Å². The number of hydrogen-bond donors (Lipinski definition) is 1. The number of nitrogens with zero attached hydrogens (tertiary/aromatic N) is 1. The zero-order valence-electron chi connectivity index (χ0n) is 20.0. The number of carbonyl (C=O) groups is 1. The second-order valence-corrected chi connectivity index (χ2v) is 12.1. The smallest absolute Gasteiger partial charge is 0.264 e. The Bertz CT molecular complexity index is 1030. The van der Waals surface area contributed by atoms with Crippen molar-refractivity contribution in [3.05, 3.63) is 59.2 Å². The number of rotatable bonds is 7. The van der Waals surface area contributed by atoms with Gasteiger partial charge in [-0.2, -0.15) is 0 Å². The third-order valence-electron chi connectivity index (χ3n) is 4.98. The van der Waals surface area contributed by atoms with E-state index in [0.29, 0.717) is 5.69 Å². The molecule has 2 aromatic carbocycles. The first-order chi connectivity index (χ1) is 14.1. The van der Waals surface area contributed by atoms with Crippen LogP contribution in [0.5, 0.6) is 0 Å². The molecule has 0 aliphatic carbocycles. The molecule has 0 radical (unpaired) electrons. The Labute approximate surface area is 187 Å². The number of sulfonamides is 1. The van der Waals surface area contributed by atoms with Crippen molar-refractivity contribution in [2.45, 2.75) is 72.2 Å². The van der Waals surface area contributed by atoms with Gasteiger partial charge in [0.2, 0.25) is 5.91 Å². The van der Waals surface area contributed by atoms with Crippen LogP contribution in [0.2, 0.25) is 0 Å². The van der Waals surface area contributed by atoms with Gasteiger partial charge in [-0.15, -0.1) is 0 Å². The highest BCUT2D eigenvalue weighted by Gasteiger charge is 2.31. The van der Waals surface area contributed by atoms with Gasteiger partial charge in [0, 0.05) is 5.54 Å². The van der Waals surface area contributed by atoms with Crippen molar-refractivity contribution in [3.63, 3.8) is 0 Å². The molecule has 2 aromatic rings. The van der Waals surface area contributed by atoms with Crippen molar-refractivity contribution in [3.8, 4) is 0 Å². The summed E-state index contributed by atoms with van der Waals surface area (Å²) in [5, 5.41) is 3.03. The summed E-state index contributed by atoms with van der Waals surface area (Å²) in [7, 11) is -3.92. The Hall–Kier alpha value is -2.34. The molecule has 0 spiro atoms. The molecule has 0 fully saturated rings. The summed E-state index contributed by atoms with van der Waals surface area (Å²) in [6.07, 6.45) is 0.764. The van der Waals surface area contributed by atoms with Gasteiger partial charge in [0.05, 0.1) is 10.6 Å². The third kappa shape index (κ3) is 6.82. The van der Waals surface area contributed by atoms with E-state index in [-0.39, 0.29) is 22.8 Å². The number of amides is 1. The first-order valence-corrected chi connectivity index (χ1v) is 12.0. The molecular formula is C25H36N2O3S. The predicted octanol–water partition coefficient (Wildman–Crippen LogP) is 5.14. The van der Waals surface area contributed by atoms with Crippen LogP contribution in [0.3, 0.4) is 0 Å². The van der Waals surface area contributed by atoms with Crippen molar-refractivity contribution < 1.29 is 13.2 Å². The van der Waals surface area contributed by atoms with Gasteiger partial charge in [-0.1, -0.05) is 50.6 Å². The fourth-order valence-corrected chi connectivity index (χ4v) is 5.52. The summed E-state index contributed by atoms with van der Waals surface area (Å²) in [6, 6.07) is 12.3. The fourth-order valence-electron chi connectivity index (χ4n) is 4.04. The van der Waals surface area contributed by atoms with Crippen molar-refractivity contribution in [1.82, 2.24) is 5.32 Å². The molecule has 0 aliphatic heterocycles. The fraction of sp³-hybridized carbons (Fsp3) is 0.480. The molecule has 0 saturated heterocycles. The van der Waals surface area contributed by atoms with Gasteiger partial charge >= 0.3 is 0 Å². The largest absolute Gasteiger partial charge is 0.350 e. The Morgan fingerprint density at radius 2 is 1.45 bits per heavy atom. The zero-order valence-corrected chi connectivity index (χ0v) is 20.9. The molecule has 0 bridgehead atoms. The van der Waals surface area contributed by atoms with Crippen LogP contribution in [-0.4, -0.2) is 26.4 Å². The lowest BCUT2D eigenvalue weighted by Crippen LogP contribution is -2.50. The van der Waals surface area contributed by atoms with Crippen LogP contribution in [-0.2, 0) is 14.8 Å². The van der Waals surface area contributed by atoms with Gasteiger partial charge in [-0.25, -0.2) is 8.42 Å². The second kappa shape index (κ2) is 9.03. The minimum absolute atomic E-state index is 0.0254. The van der Waals surface area contributed by atoms with E-state index in [1.807, 2.05) is 52.8 Å². The number of anilines is 1. The highest BCUT2D eigenvalue weighted by Crippen LogP contribution is 2.29. The topological polar surface area (TPSA) is 66.5 Å². The van der Waals surface area contributed by atoms with Crippen LogP contribution in [0.4, 0.5) is 5.69 Å². The lowest BCUT2D eigenvalue weighted by molar-refractivity contribution is -0.121. The number of aryl methyl sites for hydroxylation is 3. The van der Waals surface area contributed by atoms with Crippen molar-refractivity contribution in [1.29, 1.82) is 0 Å². The van der Waals surface area contributed by atoms with Crippen molar-refractivity contribution >= 4 is 21.6 Å². The molecule has 6 heteroatoms. The van der Waals surface area contributed by atoms with E-state index in [4.69, 9.17) is 0 Å². The molecular weight excluding hydrogens is 408 g/mol. The standard InChI is InChI=1S/C25H36N2O3S/c1-18-10-13-21(14-11-18)31(29,30)27(22-15-19(2)9-12-20(22)3)16-23(28)26-25(7,8)17-24(4,5)6/h9-15H,16-17H2,1-8H3,(H,26,28). The SMILES string of the molecule is Cc1ccc(S(=O)(=O)N(CC(=O)NC(C)(C)CC(C)(C)C)c2cc(C)ccc2C)cc1. The second-order valence-electron chi connectivity index (χ2n) is 10.3. The molecule has 1 N–H and O–H groups in total. The van der Waals surface area contributed by atoms with Gasteiger partial charge in [-0.3, -0.25) is 9.10 Å². The summed E-state index contributed by atoms with van der Waals surface area (Å²) < 4.78 is 28.4. The quantitative estimate of drug-likeness (QED) is 0.643. The molecule has 0 aromatic heterocycles. The third-order valence-corrected chi connectivity index (χ3v) is 6.75. The number of carbonyl (C=O) groups excluding carboxylic acids is 1. The molecule has 0 unspecified atom stereocenters. The van der Waals surface area contributed by atoms with Crippen LogP contribution < -0.4 is 9.62 Å². The molecule has 0 atom stereocenters. The summed E-state index contributed by atoms with van der Waals surface area (Å²) >= 11 is 0. The highest BCUT2D eigenvalue weighted by atomic mass is 32.2. The maximum absolute atomic E-state index is 13.6. The Kier molecular flexibility index (Phi) is 7.26. The van der Waals surface area contributed by atoms with Gasteiger partial charge in [0.25, 0.3) is 10.0 Å². The van der Waals surface area contributed by atoms with Crippen LogP contribution in [0, 0.1) is 26.2 Å². The lowest BCUT2D eigenvalue weighted by atomic mass is 9.82. The van der Waals surface area contributed by atoms with Crippen LogP contribution in [0.25, 0.3) is 0 Å². The number of benzene rings is 2. The number of nitrogens with one attached hydrogen (secondary N) is 1. The normalized spacial score (nSPS) is 12.5. The van der Waals surface area contributed by atoms with Crippen molar-refractivity contribution in [2.24, 2.45) is 5.41 Å². The highest BCUT2D eigenvalue weighted by molar-refractivity contribution is 7.92. The van der Waals surface area contributed by atoms with E-state index in [2.05, 4.69) is 26.1 Å². The van der Waals surface area contributed by atoms with Crippen LogP contribution in [0.1, 0.15) is 57.7 Å². The average Bonchev–Trinajstić information content (AvgIpc) is 2.59. The molecule has 0 aliphatic rings. The van der Waals surface area contributed by atoms with Gasteiger partial charge in [0.15, 0.2) is 0 Å². The molecule has 1 amide bonds. The zero-order chi connectivity index (χ0) is 23.6. The summed E-state index contributed by atoms with van der Waals surface area (Å²) in [5.74, 6) is -0.328. The Morgan fingerprint density at radius 3 is 2.00 bits per heavy atom. The van der Waals surface area contributed by atoms with Gasteiger partial charge in [-0.05, 0) is 75.8 Å². The molecule has 5 nitrogen and oxygen atoms in total. The molecule has 0 saturated carbocycles. The average molecular weight is 445 g/mol. The van der Waals surface area contributed by atoms with Crippen LogP contribution in [0.15, 0.2) is 47.4 Å². The van der Waals surface area contributed by atoms with E-state index in [1.54, 1.807) is 24.3 Å². The van der Waals surface area contributed by atoms with E-state index in [1.165, 1.54) is 4.31 Å². The predicted molar refractivity (Wildman–Crippen MR) is 128 cm³/mol. The lowest BCUT2D eigenvalue weighted by Gasteiger charge is -2.34. The summed E-state index contributed by atoms with van der Waals surface area (Å²) in [4.78, 5) is 13.2. The minimum atomic E-state index is -3.92. The first kappa shape index (κ1) is 24.9. The summed E-state index contributed by atoms with van der Waals surface area (Å²) in [5.41, 5.74) is 2.78. The molecule has 31 heavy (non-hydrogen) atoms. The molecule has 2 rings (SSSR count). The Morgan fingerprint density at radius 1 is 0.903 bits per heavy atom. The molecule has 170 valence electrons. The first-order valence-electron chi connectivity index (χ1n) is 10.6. The van der Waals surface area contributed by atoms with E-state index in [9.17, 15) is 13.2 Å². The maximum atomic E-state index is 13.6. The Balaban J connectivity index is 2.45. The minimum Gasteiger partial charge on any atom is -0.350 e. The maximum Gasteiger partial charge on any atom is 0.264 e.